The first-order valence-corrected chi connectivity index (χ1v) is 10.4. The standard InChI is InChI=1S/C21H24BrN3O4/c1-2-28-17-5-3-4-6-18(17)29-14-20(26)25-11-9-15(10-12-25)21(27)24-19-8-7-16(22)13-23-19/h3-8,13,15H,2,9-12,14H2,1H3,(H,23,24,27). The van der Waals surface area contributed by atoms with Gasteiger partial charge in [0.2, 0.25) is 5.91 Å². The first-order chi connectivity index (χ1) is 14.1. The lowest BCUT2D eigenvalue weighted by Crippen LogP contribution is -2.43. The number of carbonyl (C=O) groups excluding carboxylic acids is 2. The maximum absolute atomic E-state index is 12.5. The van der Waals surface area contributed by atoms with Crippen molar-refractivity contribution in [1.29, 1.82) is 0 Å². The average molecular weight is 462 g/mol. The fraction of sp³-hybridized carbons (Fsp3) is 0.381. The van der Waals surface area contributed by atoms with Crippen LogP contribution in [0.4, 0.5) is 5.82 Å². The van der Waals surface area contributed by atoms with Gasteiger partial charge in [0.25, 0.3) is 5.91 Å². The molecule has 8 heteroatoms. The molecule has 29 heavy (non-hydrogen) atoms. The molecule has 0 aliphatic carbocycles. The van der Waals surface area contributed by atoms with Crippen LogP contribution in [0, 0.1) is 5.92 Å². The van der Waals surface area contributed by atoms with Crippen molar-refractivity contribution in [3.8, 4) is 11.5 Å². The van der Waals surface area contributed by atoms with Crippen molar-refractivity contribution in [1.82, 2.24) is 9.88 Å². The summed E-state index contributed by atoms with van der Waals surface area (Å²) in [5, 5.41) is 2.83. The van der Waals surface area contributed by atoms with Crippen LogP contribution in [0.3, 0.4) is 0 Å². The number of piperidine rings is 1. The Morgan fingerprint density at radius 1 is 1.14 bits per heavy atom. The predicted molar refractivity (Wildman–Crippen MR) is 113 cm³/mol. The Balaban J connectivity index is 1.45. The molecule has 3 rings (SSSR count). The number of hydrogen-bond donors (Lipinski definition) is 1. The minimum Gasteiger partial charge on any atom is -0.490 e. The molecule has 0 bridgehead atoms. The third-order valence-corrected chi connectivity index (χ3v) is 5.17. The number of aromatic nitrogens is 1. The van der Waals surface area contributed by atoms with Crippen LogP contribution in [0.25, 0.3) is 0 Å². The van der Waals surface area contributed by atoms with Crippen molar-refractivity contribution >= 4 is 33.6 Å². The zero-order valence-corrected chi connectivity index (χ0v) is 17.9. The van der Waals surface area contributed by atoms with Gasteiger partial charge in [0.15, 0.2) is 18.1 Å². The molecule has 0 unspecified atom stereocenters. The van der Waals surface area contributed by atoms with E-state index in [1.165, 1.54) is 0 Å². The molecule has 0 saturated carbocycles. The van der Waals surface area contributed by atoms with Gasteiger partial charge >= 0.3 is 0 Å². The van der Waals surface area contributed by atoms with Crippen molar-refractivity contribution in [2.24, 2.45) is 5.92 Å². The number of nitrogens with zero attached hydrogens (tertiary/aromatic N) is 2. The topological polar surface area (TPSA) is 80.8 Å². The number of pyridine rings is 1. The average Bonchev–Trinajstić information content (AvgIpc) is 2.75. The van der Waals surface area contributed by atoms with Gasteiger partial charge in [-0.05, 0) is 60.0 Å². The van der Waals surface area contributed by atoms with Crippen LogP contribution in [-0.4, -0.2) is 48.0 Å². The van der Waals surface area contributed by atoms with Crippen molar-refractivity contribution in [3.63, 3.8) is 0 Å². The Morgan fingerprint density at radius 2 is 1.83 bits per heavy atom. The number of nitrogens with one attached hydrogen (secondary N) is 1. The van der Waals surface area contributed by atoms with Crippen molar-refractivity contribution < 1.29 is 19.1 Å². The minimum atomic E-state index is -0.135. The van der Waals surface area contributed by atoms with E-state index in [9.17, 15) is 9.59 Å². The van der Waals surface area contributed by atoms with E-state index in [2.05, 4.69) is 26.2 Å². The quantitative estimate of drug-likeness (QED) is 0.682. The lowest BCUT2D eigenvalue weighted by atomic mass is 9.96. The van der Waals surface area contributed by atoms with Crippen molar-refractivity contribution in [2.75, 3.05) is 31.6 Å². The Bertz CT molecular complexity index is 836. The smallest absolute Gasteiger partial charge is 0.260 e. The first-order valence-electron chi connectivity index (χ1n) is 9.61. The van der Waals surface area contributed by atoms with Gasteiger partial charge in [-0.3, -0.25) is 9.59 Å². The summed E-state index contributed by atoms with van der Waals surface area (Å²) in [5.74, 6) is 1.42. The fourth-order valence-corrected chi connectivity index (χ4v) is 3.38. The number of ether oxygens (including phenoxy) is 2. The highest BCUT2D eigenvalue weighted by atomic mass is 79.9. The first kappa shape index (κ1) is 21.1. The number of rotatable bonds is 7. The van der Waals surface area contributed by atoms with Gasteiger partial charge in [0, 0.05) is 29.7 Å². The monoisotopic (exact) mass is 461 g/mol. The molecular formula is C21H24BrN3O4. The fourth-order valence-electron chi connectivity index (χ4n) is 3.14. The molecule has 0 radical (unpaired) electrons. The van der Waals surface area contributed by atoms with Gasteiger partial charge in [0.1, 0.15) is 5.82 Å². The number of carbonyl (C=O) groups is 2. The molecule has 2 aromatic rings. The van der Waals surface area contributed by atoms with Crippen LogP contribution in [0.5, 0.6) is 11.5 Å². The molecule has 1 N–H and O–H groups in total. The molecule has 2 amide bonds. The Morgan fingerprint density at radius 3 is 2.45 bits per heavy atom. The molecule has 7 nitrogen and oxygen atoms in total. The number of benzene rings is 1. The van der Waals surface area contributed by atoms with Gasteiger partial charge in [0.05, 0.1) is 6.61 Å². The molecular weight excluding hydrogens is 438 g/mol. The molecule has 1 fully saturated rings. The molecule has 2 heterocycles. The summed E-state index contributed by atoms with van der Waals surface area (Å²) in [4.78, 5) is 30.8. The molecule has 1 aromatic carbocycles. The second-order valence-corrected chi connectivity index (χ2v) is 7.59. The summed E-state index contributed by atoms with van der Waals surface area (Å²) in [5.41, 5.74) is 0. The molecule has 1 aliphatic rings. The number of hydrogen-bond acceptors (Lipinski definition) is 5. The maximum Gasteiger partial charge on any atom is 0.260 e. The van der Waals surface area contributed by atoms with Crippen LogP contribution < -0.4 is 14.8 Å². The third kappa shape index (κ3) is 5.93. The number of para-hydroxylation sites is 2. The van der Waals surface area contributed by atoms with Crippen molar-refractivity contribution in [2.45, 2.75) is 19.8 Å². The largest absolute Gasteiger partial charge is 0.490 e. The van der Waals surface area contributed by atoms with Crippen LogP contribution in [0.1, 0.15) is 19.8 Å². The van der Waals surface area contributed by atoms with E-state index in [4.69, 9.17) is 9.47 Å². The summed E-state index contributed by atoms with van der Waals surface area (Å²) in [6, 6.07) is 10.9. The summed E-state index contributed by atoms with van der Waals surface area (Å²) < 4.78 is 12.0. The predicted octanol–water partition coefficient (Wildman–Crippen LogP) is 3.50. The van der Waals surface area contributed by atoms with Gasteiger partial charge < -0.3 is 19.7 Å². The van der Waals surface area contributed by atoms with Gasteiger partial charge in [-0.1, -0.05) is 12.1 Å². The highest BCUT2D eigenvalue weighted by Crippen LogP contribution is 2.26. The Hall–Kier alpha value is -2.61. The number of anilines is 1. The van der Waals surface area contributed by atoms with E-state index < -0.39 is 0 Å². The van der Waals surface area contributed by atoms with Gasteiger partial charge in [-0.2, -0.15) is 0 Å². The second-order valence-electron chi connectivity index (χ2n) is 6.67. The van der Waals surface area contributed by atoms with Crippen LogP contribution in [0.15, 0.2) is 47.1 Å². The SMILES string of the molecule is CCOc1ccccc1OCC(=O)N1CCC(C(=O)Nc2ccc(Br)cn2)CC1. The summed E-state index contributed by atoms with van der Waals surface area (Å²) in [6.45, 7) is 3.43. The van der Waals surface area contributed by atoms with E-state index in [0.29, 0.717) is 49.9 Å². The molecule has 1 saturated heterocycles. The lowest BCUT2D eigenvalue weighted by molar-refractivity contribution is -0.136. The third-order valence-electron chi connectivity index (χ3n) is 4.70. The zero-order valence-electron chi connectivity index (χ0n) is 16.3. The summed E-state index contributed by atoms with van der Waals surface area (Å²) in [6.07, 6.45) is 2.87. The van der Waals surface area contributed by atoms with Crippen LogP contribution in [0.2, 0.25) is 0 Å². The molecule has 0 atom stereocenters. The van der Waals surface area contributed by atoms with Crippen molar-refractivity contribution in [3.05, 3.63) is 47.1 Å². The highest BCUT2D eigenvalue weighted by Gasteiger charge is 2.27. The molecule has 0 spiro atoms. The zero-order chi connectivity index (χ0) is 20.6. The second kappa shape index (κ2) is 10.2. The van der Waals surface area contributed by atoms with E-state index >= 15 is 0 Å². The number of halogens is 1. The number of likely N-dealkylation sites (tertiary alicyclic amines) is 1. The molecule has 1 aliphatic heterocycles. The van der Waals surface area contributed by atoms with Crippen LogP contribution >= 0.6 is 15.9 Å². The van der Waals surface area contributed by atoms with Crippen LogP contribution in [-0.2, 0) is 9.59 Å². The minimum absolute atomic E-state index is 0.0518. The van der Waals surface area contributed by atoms with E-state index in [0.717, 1.165) is 4.47 Å². The summed E-state index contributed by atoms with van der Waals surface area (Å²) in [7, 11) is 0. The van der Waals surface area contributed by atoms with E-state index in [-0.39, 0.29) is 24.3 Å². The van der Waals surface area contributed by atoms with Gasteiger partial charge in [-0.25, -0.2) is 4.98 Å². The molecule has 154 valence electrons. The highest BCUT2D eigenvalue weighted by molar-refractivity contribution is 9.10. The number of amides is 2. The van der Waals surface area contributed by atoms with E-state index in [1.54, 1.807) is 23.2 Å². The summed E-state index contributed by atoms with van der Waals surface area (Å²) >= 11 is 3.32. The lowest BCUT2D eigenvalue weighted by Gasteiger charge is -2.31. The Labute approximate surface area is 178 Å². The van der Waals surface area contributed by atoms with Gasteiger partial charge in [-0.15, -0.1) is 0 Å². The maximum atomic E-state index is 12.5. The van der Waals surface area contributed by atoms with E-state index in [1.807, 2.05) is 31.2 Å². The molecule has 1 aromatic heterocycles. The Kier molecular flexibility index (Phi) is 7.46. The normalized spacial score (nSPS) is 14.3.